The van der Waals surface area contributed by atoms with Crippen molar-refractivity contribution in [2.45, 2.75) is 0 Å². The van der Waals surface area contributed by atoms with Gasteiger partial charge in [-0.3, -0.25) is 14.5 Å². The van der Waals surface area contributed by atoms with E-state index in [1.165, 1.54) is 0 Å². The van der Waals surface area contributed by atoms with Gasteiger partial charge in [0.15, 0.2) is 0 Å². The average molecular weight is 361 g/mol. The van der Waals surface area contributed by atoms with E-state index < -0.39 is 0 Å². The van der Waals surface area contributed by atoms with E-state index >= 15 is 0 Å². The number of likely N-dealkylation sites (N-methyl/N-ethyl adjacent to an activating group) is 2. The molecule has 98 valence electrons. The number of anilines is 1. The highest BCUT2D eigenvalue weighted by atomic mass is 127. The van der Waals surface area contributed by atoms with E-state index in [1.54, 1.807) is 19.0 Å². The molecule has 0 radical (unpaired) electrons. The van der Waals surface area contributed by atoms with Crippen molar-refractivity contribution in [2.24, 2.45) is 0 Å². The molecule has 0 heterocycles. The van der Waals surface area contributed by atoms with Crippen LogP contribution in [0.5, 0.6) is 0 Å². The number of rotatable bonds is 5. The number of amides is 2. The largest absolute Gasteiger partial charge is 0.358 e. The van der Waals surface area contributed by atoms with Gasteiger partial charge in [0.05, 0.1) is 13.1 Å². The fraction of sp³-hybridized carbons (Fsp3) is 0.333. The molecule has 0 saturated heterocycles. The lowest BCUT2D eigenvalue weighted by Crippen LogP contribution is -2.37. The van der Waals surface area contributed by atoms with Crippen molar-refractivity contribution in [3.05, 3.63) is 27.8 Å². The second kappa shape index (κ2) is 7.32. The van der Waals surface area contributed by atoms with Gasteiger partial charge >= 0.3 is 0 Å². The molecule has 6 heteroatoms. The van der Waals surface area contributed by atoms with Crippen LogP contribution >= 0.6 is 22.6 Å². The molecule has 0 atom stereocenters. The summed E-state index contributed by atoms with van der Waals surface area (Å²) in [5.74, 6) is -0.248. The van der Waals surface area contributed by atoms with Gasteiger partial charge in [-0.15, -0.1) is 0 Å². The van der Waals surface area contributed by atoms with Crippen LogP contribution in [0.25, 0.3) is 0 Å². The molecular formula is C12H16IN3O2. The lowest BCUT2D eigenvalue weighted by atomic mass is 10.3. The first-order valence-electron chi connectivity index (χ1n) is 5.46. The Morgan fingerprint density at radius 1 is 1.17 bits per heavy atom. The molecule has 0 aliphatic rings. The van der Waals surface area contributed by atoms with Crippen molar-refractivity contribution >= 4 is 40.1 Å². The topological polar surface area (TPSA) is 61.4 Å². The summed E-state index contributed by atoms with van der Waals surface area (Å²) in [5, 5.41) is 5.29. The minimum atomic E-state index is -0.136. The third-order valence-electron chi connectivity index (χ3n) is 2.23. The molecular weight excluding hydrogens is 345 g/mol. The molecule has 1 rings (SSSR count). The van der Waals surface area contributed by atoms with Crippen LogP contribution in [0.2, 0.25) is 0 Å². The molecule has 0 aromatic heterocycles. The number of hydrogen-bond acceptors (Lipinski definition) is 3. The molecule has 2 amide bonds. The van der Waals surface area contributed by atoms with E-state index in [9.17, 15) is 9.59 Å². The molecule has 18 heavy (non-hydrogen) atoms. The quantitative estimate of drug-likeness (QED) is 0.767. The van der Waals surface area contributed by atoms with Crippen LogP contribution in [0.4, 0.5) is 5.69 Å². The zero-order valence-corrected chi connectivity index (χ0v) is 12.5. The summed E-state index contributed by atoms with van der Waals surface area (Å²) in [6.45, 7) is 0.385. The molecule has 0 aliphatic carbocycles. The zero-order chi connectivity index (χ0) is 13.5. The van der Waals surface area contributed by atoms with E-state index in [-0.39, 0.29) is 24.9 Å². The van der Waals surface area contributed by atoms with Gasteiger partial charge in [0.25, 0.3) is 0 Å². The molecule has 5 nitrogen and oxygen atoms in total. The Balaban J connectivity index is 2.41. The van der Waals surface area contributed by atoms with Gasteiger partial charge in [0.1, 0.15) is 0 Å². The number of nitrogens with zero attached hydrogens (tertiary/aromatic N) is 1. The Kier molecular flexibility index (Phi) is 6.06. The van der Waals surface area contributed by atoms with Crippen LogP contribution < -0.4 is 10.6 Å². The average Bonchev–Trinajstić information content (AvgIpc) is 2.31. The number of carbonyl (C=O) groups is 2. The van der Waals surface area contributed by atoms with Gasteiger partial charge in [-0.1, -0.05) is 0 Å². The van der Waals surface area contributed by atoms with E-state index in [1.807, 2.05) is 24.3 Å². The molecule has 0 fully saturated rings. The van der Waals surface area contributed by atoms with Gasteiger partial charge in [0, 0.05) is 16.3 Å². The van der Waals surface area contributed by atoms with Crippen molar-refractivity contribution in [3.8, 4) is 0 Å². The zero-order valence-electron chi connectivity index (χ0n) is 10.4. The number of carbonyl (C=O) groups excluding carboxylic acids is 2. The van der Waals surface area contributed by atoms with Gasteiger partial charge in [0.2, 0.25) is 11.8 Å². The predicted molar refractivity (Wildman–Crippen MR) is 79.4 cm³/mol. The first-order valence-corrected chi connectivity index (χ1v) is 6.53. The minimum Gasteiger partial charge on any atom is -0.358 e. The maximum atomic E-state index is 11.7. The highest BCUT2D eigenvalue weighted by Crippen LogP contribution is 2.10. The van der Waals surface area contributed by atoms with Crippen molar-refractivity contribution in [3.63, 3.8) is 0 Å². The third-order valence-corrected chi connectivity index (χ3v) is 2.95. The Bertz CT molecular complexity index is 420. The van der Waals surface area contributed by atoms with Gasteiger partial charge < -0.3 is 10.6 Å². The maximum Gasteiger partial charge on any atom is 0.238 e. The minimum absolute atomic E-state index is 0.112. The Morgan fingerprint density at radius 3 is 2.28 bits per heavy atom. The summed E-state index contributed by atoms with van der Waals surface area (Å²) in [4.78, 5) is 24.5. The lowest BCUT2D eigenvalue weighted by molar-refractivity contribution is -0.122. The molecule has 1 aromatic rings. The normalized spacial score (nSPS) is 10.2. The third kappa shape index (κ3) is 5.46. The van der Waals surface area contributed by atoms with Crippen molar-refractivity contribution in [2.75, 3.05) is 32.5 Å². The van der Waals surface area contributed by atoms with Crippen LogP contribution in [0.3, 0.4) is 0 Å². The second-order valence-electron chi connectivity index (χ2n) is 3.90. The number of nitrogens with one attached hydrogen (secondary N) is 2. The Hall–Kier alpha value is -1.15. The fourth-order valence-corrected chi connectivity index (χ4v) is 1.72. The monoisotopic (exact) mass is 361 g/mol. The number of benzene rings is 1. The van der Waals surface area contributed by atoms with Crippen LogP contribution in [0.1, 0.15) is 0 Å². The van der Waals surface area contributed by atoms with E-state index in [4.69, 9.17) is 0 Å². The molecule has 2 N–H and O–H groups in total. The summed E-state index contributed by atoms with van der Waals surface area (Å²) in [5.41, 5.74) is 0.758. The predicted octanol–water partition coefficient (Wildman–Crippen LogP) is 0.907. The molecule has 0 bridgehead atoms. The SMILES string of the molecule is CNC(=O)CN(C)CC(=O)Nc1ccc(I)cc1. The van der Waals surface area contributed by atoms with Crippen molar-refractivity contribution < 1.29 is 9.59 Å². The first-order chi connectivity index (χ1) is 8.51. The molecule has 0 aliphatic heterocycles. The van der Waals surface area contributed by atoms with Crippen LogP contribution in [-0.2, 0) is 9.59 Å². The Morgan fingerprint density at radius 2 is 1.72 bits per heavy atom. The number of hydrogen-bond donors (Lipinski definition) is 2. The summed E-state index contributed by atoms with van der Waals surface area (Å²) < 4.78 is 1.11. The van der Waals surface area contributed by atoms with Gasteiger partial charge in [-0.2, -0.15) is 0 Å². The standard InChI is InChI=1S/C12H16IN3O2/c1-14-11(17)7-16(2)8-12(18)15-10-5-3-9(13)4-6-10/h3-6H,7-8H2,1-2H3,(H,14,17)(H,15,18). The molecule has 0 spiro atoms. The van der Waals surface area contributed by atoms with Crippen LogP contribution in [0, 0.1) is 3.57 Å². The van der Waals surface area contributed by atoms with Crippen LogP contribution in [0.15, 0.2) is 24.3 Å². The summed E-state index contributed by atoms with van der Waals surface area (Å²) in [6, 6.07) is 7.53. The summed E-state index contributed by atoms with van der Waals surface area (Å²) >= 11 is 2.20. The first kappa shape index (κ1) is 14.9. The Labute approximate surface area is 120 Å². The van der Waals surface area contributed by atoms with Gasteiger partial charge in [-0.05, 0) is 53.9 Å². The molecule has 0 saturated carbocycles. The number of halogens is 1. The summed E-state index contributed by atoms with van der Waals surface area (Å²) in [7, 11) is 3.30. The summed E-state index contributed by atoms with van der Waals surface area (Å²) in [6.07, 6.45) is 0. The van der Waals surface area contributed by atoms with Crippen molar-refractivity contribution in [1.29, 1.82) is 0 Å². The fourth-order valence-electron chi connectivity index (χ4n) is 1.36. The van der Waals surface area contributed by atoms with E-state index in [0.717, 1.165) is 9.26 Å². The smallest absolute Gasteiger partial charge is 0.238 e. The maximum absolute atomic E-state index is 11.7. The highest BCUT2D eigenvalue weighted by molar-refractivity contribution is 14.1. The second-order valence-corrected chi connectivity index (χ2v) is 5.15. The lowest BCUT2D eigenvalue weighted by Gasteiger charge is -2.15. The van der Waals surface area contributed by atoms with Gasteiger partial charge in [-0.25, -0.2) is 0 Å². The van der Waals surface area contributed by atoms with Crippen molar-refractivity contribution in [1.82, 2.24) is 10.2 Å². The molecule has 0 unspecified atom stereocenters. The molecule has 1 aromatic carbocycles. The van der Waals surface area contributed by atoms with E-state index in [2.05, 4.69) is 33.2 Å². The van der Waals surface area contributed by atoms with E-state index in [0.29, 0.717) is 0 Å². The highest BCUT2D eigenvalue weighted by Gasteiger charge is 2.09. The van der Waals surface area contributed by atoms with Crippen LogP contribution in [-0.4, -0.2) is 43.9 Å².